The Morgan fingerprint density at radius 1 is 1.18 bits per heavy atom. The van der Waals surface area contributed by atoms with E-state index in [4.69, 9.17) is 21.1 Å². The molecule has 1 aliphatic rings. The van der Waals surface area contributed by atoms with E-state index >= 15 is 0 Å². The van der Waals surface area contributed by atoms with Crippen molar-refractivity contribution in [2.24, 2.45) is 4.99 Å². The van der Waals surface area contributed by atoms with Crippen molar-refractivity contribution in [2.45, 2.75) is 56.4 Å². The molecule has 262 valence electrons. The lowest BCUT2D eigenvalue weighted by Crippen LogP contribution is -2.40. The first-order chi connectivity index (χ1) is 24.4. The van der Waals surface area contributed by atoms with Crippen LogP contribution in [0, 0.1) is 10.1 Å². The summed E-state index contributed by atoms with van der Waals surface area (Å²) >= 11 is 12.1. The molecular formula is C35H30BrClN6O6S2. The summed E-state index contributed by atoms with van der Waals surface area (Å²) in [6, 6.07) is 16.1. The van der Waals surface area contributed by atoms with Crippen molar-refractivity contribution in [3.8, 4) is 17.1 Å². The molecule has 1 atom stereocenters. The van der Waals surface area contributed by atoms with Crippen LogP contribution in [0.4, 0.5) is 5.69 Å². The van der Waals surface area contributed by atoms with Gasteiger partial charge >= 0.3 is 5.97 Å². The van der Waals surface area contributed by atoms with Crippen molar-refractivity contribution in [2.75, 3.05) is 7.11 Å². The summed E-state index contributed by atoms with van der Waals surface area (Å²) in [5.74, 6) is 0.461. The zero-order chi connectivity index (χ0) is 36.6. The van der Waals surface area contributed by atoms with Crippen LogP contribution < -0.4 is 19.6 Å². The van der Waals surface area contributed by atoms with Gasteiger partial charge in [-0.1, -0.05) is 51.0 Å². The number of allylic oxidation sites excluding steroid dienone is 1. The Bertz CT molecular complexity index is 2420. The van der Waals surface area contributed by atoms with E-state index in [0.717, 1.165) is 16.9 Å². The highest BCUT2D eigenvalue weighted by atomic mass is 79.9. The Kier molecular flexibility index (Phi) is 10.6. The lowest BCUT2D eigenvalue weighted by Gasteiger charge is -2.26. The van der Waals surface area contributed by atoms with Crippen LogP contribution in [0.1, 0.15) is 44.9 Å². The van der Waals surface area contributed by atoms with E-state index in [1.807, 2.05) is 23.6 Å². The maximum Gasteiger partial charge on any atom is 0.338 e. The van der Waals surface area contributed by atoms with Crippen LogP contribution in [-0.2, 0) is 16.1 Å². The number of carbonyl (C=O) groups is 1. The van der Waals surface area contributed by atoms with E-state index in [1.165, 1.54) is 35.6 Å². The number of aromatic nitrogens is 4. The Balaban J connectivity index is 1.52. The van der Waals surface area contributed by atoms with Crippen molar-refractivity contribution < 1.29 is 19.2 Å². The second kappa shape index (κ2) is 15.0. The van der Waals surface area contributed by atoms with E-state index in [2.05, 4.69) is 31.1 Å². The van der Waals surface area contributed by atoms with Gasteiger partial charge in [-0.05, 0) is 87.5 Å². The van der Waals surface area contributed by atoms with E-state index in [-0.39, 0.29) is 15.8 Å². The molecule has 16 heteroatoms. The number of nitro benzene ring substituents is 1. The van der Waals surface area contributed by atoms with Crippen LogP contribution >= 0.6 is 50.6 Å². The fraction of sp³-hybridized carbons (Fsp3) is 0.229. The molecule has 0 saturated heterocycles. The van der Waals surface area contributed by atoms with Gasteiger partial charge in [0.15, 0.2) is 15.8 Å². The maximum absolute atomic E-state index is 14.4. The topological polar surface area (TPSA) is 144 Å². The van der Waals surface area contributed by atoms with Crippen molar-refractivity contribution in [1.29, 1.82) is 0 Å². The number of ether oxygens (including phenoxy) is 2. The van der Waals surface area contributed by atoms with Crippen LogP contribution in [0.25, 0.3) is 17.5 Å². The highest BCUT2D eigenvalue weighted by Gasteiger charge is 2.35. The zero-order valence-electron chi connectivity index (χ0n) is 27.9. The van der Waals surface area contributed by atoms with Gasteiger partial charge < -0.3 is 14.0 Å². The molecular weight excluding hydrogens is 780 g/mol. The van der Waals surface area contributed by atoms with Gasteiger partial charge in [0.1, 0.15) is 11.8 Å². The Morgan fingerprint density at radius 2 is 1.96 bits per heavy atom. The van der Waals surface area contributed by atoms with E-state index in [9.17, 15) is 19.7 Å². The molecule has 0 aliphatic carbocycles. The van der Waals surface area contributed by atoms with E-state index < -0.39 is 28.6 Å². The third-order valence-corrected chi connectivity index (χ3v) is 10.7. The number of esters is 1. The normalized spacial score (nSPS) is 14.4. The smallest absolute Gasteiger partial charge is 0.338 e. The number of carbonyl (C=O) groups excluding carboxylic acids is 1. The molecule has 3 heterocycles. The number of hydrogen-bond acceptors (Lipinski definition) is 11. The average Bonchev–Trinajstić information content (AvgIpc) is 3.63. The SMILES string of the molecule is CCn1c(Sc2ccc([N+](=O)[O-])cc2/C=c2\sc3n(c2=O)[C@@H](c2cc(Br)ccc2OC)C(C(=O)OC(C)C)=C(C)N=3)nnc1-c1cccc(Cl)c1. The molecule has 0 unspecified atom stereocenters. The van der Waals surface area contributed by atoms with Gasteiger partial charge in [0.05, 0.1) is 33.9 Å². The number of non-ortho nitro benzene ring substituents is 1. The fourth-order valence-electron chi connectivity index (χ4n) is 5.66. The molecule has 0 fully saturated rings. The number of thiazole rings is 1. The number of nitro groups is 1. The number of nitrogens with zero attached hydrogens (tertiary/aromatic N) is 6. The minimum absolute atomic E-state index is 0.152. The summed E-state index contributed by atoms with van der Waals surface area (Å²) in [7, 11) is 1.51. The summed E-state index contributed by atoms with van der Waals surface area (Å²) in [6.07, 6.45) is 1.18. The number of halogens is 2. The van der Waals surface area contributed by atoms with Crippen molar-refractivity contribution in [1.82, 2.24) is 19.3 Å². The van der Waals surface area contributed by atoms with Gasteiger partial charge in [-0.15, -0.1) is 10.2 Å². The molecule has 0 saturated carbocycles. The predicted molar refractivity (Wildman–Crippen MR) is 199 cm³/mol. The van der Waals surface area contributed by atoms with Crippen molar-refractivity contribution >= 4 is 68.4 Å². The van der Waals surface area contributed by atoms with E-state index in [0.29, 0.717) is 59.3 Å². The Morgan fingerprint density at radius 3 is 2.65 bits per heavy atom. The Labute approximate surface area is 313 Å². The van der Waals surface area contributed by atoms with Gasteiger partial charge in [-0.3, -0.25) is 19.5 Å². The summed E-state index contributed by atoms with van der Waals surface area (Å²) < 4.78 is 15.6. The molecule has 12 nitrogen and oxygen atoms in total. The third-order valence-electron chi connectivity index (χ3n) is 7.88. The van der Waals surface area contributed by atoms with E-state index in [1.54, 1.807) is 63.2 Å². The molecule has 5 aromatic rings. The first-order valence-electron chi connectivity index (χ1n) is 15.6. The third kappa shape index (κ3) is 7.29. The molecule has 51 heavy (non-hydrogen) atoms. The van der Waals surface area contributed by atoms with Gasteiger partial charge in [0.2, 0.25) is 0 Å². The zero-order valence-corrected chi connectivity index (χ0v) is 31.9. The molecule has 2 aromatic heterocycles. The van der Waals surface area contributed by atoms with Crippen molar-refractivity contribution in [3.63, 3.8) is 0 Å². The van der Waals surface area contributed by atoms with Gasteiger partial charge in [0.25, 0.3) is 11.2 Å². The standard InChI is InChI=1S/C35H30BrClN6O6S2/c1-6-41-31(20-8-7-9-23(37)14-20)39-40-35(41)50-27-13-11-24(43(46)47)15-21(27)16-28-32(44)42-30(25-17-22(36)10-12-26(25)48-5)29(33(45)49-18(2)3)19(4)38-34(42)51-28/h7-18,30H,6H2,1-5H3/b28-16-/t30-/m0/s1. The largest absolute Gasteiger partial charge is 0.496 e. The minimum atomic E-state index is -0.936. The van der Waals surface area contributed by atoms with Gasteiger partial charge in [0, 0.05) is 44.2 Å². The molecule has 0 spiro atoms. The minimum Gasteiger partial charge on any atom is -0.496 e. The molecule has 0 amide bonds. The van der Waals surface area contributed by atoms with Gasteiger partial charge in [-0.2, -0.15) is 0 Å². The predicted octanol–water partition coefficient (Wildman–Crippen LogP) is 6.95. The Hall–Kier alpha value is -4.57. The van der Waals surface area contributed by atoms with Crippen LogP contribution in [0.3, 0.4) is 0 Å². The summed E-state index contributed by atoms with van der Waals surface area (Å²) in [6.45, 7) is 7.68. The maximum atomic E-state index is 14.4. The lowest BCUT2D eigenvalue weighted by atomic mass is 9.95. The first kappa shape index (κ1) is 36.2. The molecule has 0 radical (unpaired) electrons. The van der Waals surface area contributed by atoms with Crippen LogP contribution in [-0.4, -0.2) is 43.4 Å². The lowest BCUT2D eigenvalue weighted by molar-refractivity contribution is -0.384. The molecule has 3 aromatic carbocycles. The summed E-state index contributed by atoms with van der Waals surface area (Å²) in [4.78, 5) is 45.0. The summed E-state index contributed by atoms with van der Waals surface area (Å²) in [5.41, 5.74) is 1.74. The summed E-state index contributed by atoms with van der Waals surface area (Å²) in [5, 5.41) is 21.8. The van der Waals surface area contributed by atoms with Gasteiger partial charge in [-0.25, -0.2) is 9.79 Å². The second-order valence-corrected chi connectivity index (χ2v) is 14.9. The number of benzene rings is 3. The molecule has 6 rings (SSSR count). The van der Waals surface area contributed by atoms with Crippen LogP contribution in [0.2, 0.25) is 5.02 Å². The molecule has 0 bridgehead atoms. The number of rotatable bonds is 10. The average molecular weight is 810 g/mol. The quantitative estimate of drug-likeness (QED) is 0.0832. The highest BCUT2D eigenvalue weighted by molar-refractivity contribution is 9.10. The first-order valence-corrected chi connectivity index (χ1v) is 18.4. The number of fused-ring (bicyclic) bond motifs is 1. The fourth-order valence-corrected chi connectivity index (χ4v) is 8.24. The number of hydrogen-bond donors (Lipinski definition) is 0. The van der Waals surface area contributed by atoms with Crippen molar-refractivity contribution in [3.05, 3.63) is 122 Å². The molecule has 0 N–H and O–H groups in total. The monoisotopic (exact) mass is 808 g/mol. The van der Waals surface area contributed by atoms with Crippen LogP contribution in [0.15, 0.2) is 96.2 Å². The number of methoxy groups -OCH3 is 1. The van der Waals surface area contributed by atoms with Crippen LogP contribution in [0.5, 0.6) is 5.75 Å². The molecule has 1 aliphatic heterocycles. The highest BCUT2D eigenvalue weighted by Crippen LogP contribution is 2.38. The second-order valence-electron chi connectivity index (χ2n) is 11.6.